The zero-order chi connectivity index (χ0) is 17.8. The Labute approximate surface area is 145 Å². The minimum Gasteiger partial charge on any atom is -0.352 e. The Hall–Kier alpha value is -2.54. The fourth-order valence-electron chi connectivity index (χ4n) is 2.77. The van der Waals surface area contributed by atoms with E-state index < -0.39 is 11.6 Å². The van der Waals surface area contributed by atoms with E-state index in [0.29, 0.717) is 24.5 Å². The highest BCUT2D eigenvalue weighted by Crippen LogP contribution is 2.20. The normalized spacial score (nSPS) is 15.2. The van der Waals surface area contributed by atoms with Gasteiger partial charge in [0.05, 0.1) is 17.6 Å². The molecule has 1 N–H and O–H groups in total. The summed E-state index contributed by atoms with van der Waals surface area (Å²) in [7, 11) is 0. The molecule has 0 unspecified atom stereocenters. The molecule has 1 aliphatic rings. The SMILES string of the molecule is CCN1CCN(C(=O)c2ccc(Nc3ccc(F)cc3F)cn2)CC1. The van der Waals surface area contributed by atoms with Gasteiger partial charge in [0.2, 0.25) is 0 Å². The number of carbonyl (C=O) groups excluding carboxylic acids is 1. The summed E-state index contributed by atoms with van der Waals surface area (Å²) in [6, 6.07) is 6.57. The lowest BCUT2D eigenvalue weighted by Gasteiger charge is -2.33. The number of likely N-dealkylation sites (N-methyl/N-ethyl adjacent to an activating group) is 1. The van der Waals surface area contributed by atoms with Crippen LogP contribution in [0.15, 0.2) is 36.5 Å². The highest BCUT2D eigenvalue weighted by molar-refractivity contribution is 5.92. The van der Waals surface area contributed by atoms with Crippen molar-refractivity contribution in [2.75, 3.05) is 38.0 Å². The molecular formula is C18H20F2N4O. The highest BCUT2D eigenvalue weighted by atomic mass is 19.1. The first-order valence-electron chi connectivity index (χ1n) is 8.26. The van der Waals surface area contributed by atoms with E-state index in [9.17, 15) is 13.6 Å². The van der Waals surface area contributed by atoms with Crippen LogP contribution in [0.1, 0.15) is 17.4 Å². The third kappa shape index (κ3) is 4.11. The van der Waals surface area contributed by atoms with E-state index in [-0.39, 0.29) is 11.6 Å². The van der Waals surface area contributed by atoms with Crippen molar-refractivity contribution in [1.82, 2.24) is 14.8 Å². The van der Waals surface area contributed by atoms with Crippen LogP contribution in [-0.2, 0) is 0 Å². The van der Waals surface area contributed by atoms with E-state index in [1.807, 2.05) is 0 Å². The predicted molar refractivity (Wildman–Crippen MR) is 91.9 cm³/mol. The number of aromatic nitrogens is 1. The summed E-state index contributed by atoms with van der Waals surface area (Å²) in [6.45, 7) is 6.21. The molecule has 0 radical (unpaired) electrons. The van der Waals surface area contributed by atoms with Gasteiger partial charge in [0, 0.05) is 32.2 Å². The van der Waals surface area contributed by atoms with Crippen LogP contribution in [0.4, 0.5) is 20.2 Å². The summed E-state index contributed by atoms with van der Waals surface area (Å²) in [4.78, 5) is 20.7. The highest BCUT2D eigenvalue weighted by Gasteiger charge is 2.22. The van der Waals surface area contributed by atoms with Crippen molar-refractivity contribution >= 4 is 17.3 Å². The van der Waals surface area contributed by atoms with Gasteiger partial charge in [0.15, 0.2) is 0 Å². The van der Waals surface area contributed by atoms with Gasteiger partial charge in [-0.25, -0.2) is 13.8 Å². The number of hydrogen-bond donors (Lipinski definition) is 1. The number of nitrogens with one attached hydrogen (secondary N) is 1. The first kappa shape index (κ1) is 17.3. The van der Waals surface area contributed by atoms with Crippen molar-refractivity contribution in [2.45, 2.75) is 6.92 Å². The van der Waals surface area contributed by atoms with E-state index in [1.165, 1.54) is 18.3 Å². The molecule has 1 saturated heterocycles. The first-order chi connectivity index (χ1) is 12.1. The van der Waals surface area contributed by atoms with Gasteiger partial charge in [0.25, 0.3) is 5.91 Å². The lowest BCUT2D eigenvalue weighted by molar-refractivity contribution is 0.0637. The van der Waals surface area contributed by atoms with Crippen molar-refractivity contribution in [3.05, 3.63) is 53.9 Å². The monoisotopic (exact) mass is 346 g/mol. The van der Waals surface area contributed by atoms with Gasteiger partial charge in [-0.15, -0.1) is 0 Å². The molecule has 1 aromatic heterocycles. The second kappa shape index (κ2) is 7.57. The summed E-state index contributed by atoms with van der Waals surface area (Å²) in [5.74, 6) is -1.42. The van der Waals surface area contributed by atoms with Crippen molar-refractivity contribution < 1.29 is 13.6 Å². The fourth-order valence-corrected chi connectivity index (χ4v) is 2.77. The molecule has 7 heteroatoms. The average molecular weight is 346 g/mol. The smallest absolute Gasteiger partial charge is 0.272 e. The van der Waals surface area contributed by atoms with Crippen LogP contribution in [0.2, 0.25) is 0 Å². The van der Waals surface area contributed by atoms with Crippen molar-refractivity contribution in [1.29, 1.82) is 0 Å². The molecule has 0 bridgehead atoms. The van der Waals surface area contributed by atoms with Gasteiger partial charge in [0.1, 0.15) is 17.3 Å². The Bertz CT molecular complexity index is 743. The van der Waals surface area contributed by atoms with Gasteiger partial charge in [-0.2, -0.15) is 0 Å². The molecule has 1 fully saturated rings. The number of piperazine rings is 1. The number of hydrogen-bond acceptors (Lipinski definition) is 4. The van der Waals surface area contributed by atoms with E-state index in [0.717, 1.165) is 25.7 Å². The topological polar surface area (TPSA) is 48.5 Å². The van der Waals surface area contributed by atoms with Crippen LogP contribution in [0, 0.1) is 11.6 Å². The van der Waals surface area contributed by atoms with Crippen LogP contribution in [0.25, 0.3) is 0 Å². The van der Waals surface area contributed by atoms with Crippen LogP contribution >= 0.6 is 0 Å². The number of anilines is 2. The molecule has 0 spiro atoms. The quantitative estimate of drug-likeness (QED) is 0.925. The second-order valence-corrected chi connectivity index (χ2v) is 5.91. The Balaban J connectivity index is 1.64. The number of rotatable bonds is 4. The lowest BCUT2D eigenvalue weighted by Crippen LogP contribution is -2.48. The van der Waals surface area contributed by atoms with Gasteiger partial charge in [-0.3, -0.25) is 4.79 Å². The second-order valence-electron chi connectivity index (χ2n) is 5.91. The molecule has 132 valence electrons. The molecule has 2 aromatic rings. The van der Waals surface area contributed by atoms with Crippen LogP contribution in [0.3, 0.4) is 0 Å². The molecule has 25 heavy (non-hydrogen) atoms. The molecular weight excluding hydrogens is 326 g/mol. The summed E-state index contributed by atoms with van der Waals surface area (Å²) < 4.78 is 26.6. The zero-order valence-corrected chi connectivity index (χ0v) is 14.0. The van der Waals surface area contributed by atoms with E-state index in [1.54, 1.807) is 17.0 Å². The molecule has 3 rings (SSSR count). The largest absolute Gasteiger partial charge is 0.352 e. The number of benzene rings is 1. The Kier molecular flexibility index (Phi) is 5.23. The summed E-state index contributed by atoms with van der Waals surface area (Å²) >= 11 is 0. The van der Waals surface area contributed by atoms with E-state index >= 15 is 0 Å². The number of nitrogens with zero attached hydrogens (tertiary/aromatic N) is 3. The number of pyridine rings is 1. The molecule has 2 heterocycles. The lowest BCUT2D eigenvalue weighted by atomic mass is 10.2. The molecule has 0 saturated carbocycles. The van der Waals surface area contributed by atoms with Crippen LogP contribution < -0.4 is 5.32 Å². The standard InChI is InChI=1S/C18H20F2N4O/c1-2-23-7-9-24(10-8-23)18(25)17-6-4-14(12-21-17)22-16-5-3-13(19)11-15(16)20/h3-6,11-12,22H,2,7-10H2,1H3. The van der Waals surface area contributed by atoms with Gasteiger partial charge in [-0.05, 0) is 30.8 Å². The third-order valence-electron chi connectivity index (χ3n) is 4.30. The number of halogens is 2. The molecule has 0 aliphatic carbocycles. The molecule has 5 nitrogen and oxygen atoms in total. The average Bonchev–Trinajstić information content (AvgIpc) is 2.64. The summed E-state index contributed by atoms with van der Waals surface area (Å²) in [5.41, 5.74) is 1.03. The Morgan fingerprint density at radius 3 is 2.52 bits per heavy atom. The van der Waals surface area contributed by atoms with Crippen molar-refractivity contribution in [2.24, 2.45) is 0 Å². The van der Waals surface area contributed by atoms with Crippen LogP contribution in [0.5, 0.6) is 0 Å². The summed E-state index contributed by atoms with van der Waals surface area (Å²) in [6.07, 6.45) is 1.47. The maximum Gasteiger partial charge on any atom is 0.272 e. The van der Waals surface area contributed by atoms with Crippen LogP contribution in [-0.4, -0.2) is 53.4 Å². The number of carbonyl (C=O) groups is 1. The van der Waals surface area contributed by atoms with Crippen molar-refractivity contribution in [3.8, 4) is 0 Å². The van der Waals surface area contributed by atoms with E-state index in [2.05, 4.69) is 22.1 Å². The maximum atomic E-state index is 13.7. The predicted octanol–water partition coefficient (Wildman–Crippen LogP) is 2.88. The Morgan fingerprint density at radius 2 is 1.92 bits per heavy atom. The van der Waals surface area contributed by atoms with Gasteiger partial charge < -0.3 is 15.1 Å². The molecule has 1 aliphatic heterocycles. The zero-order valence-electron chi connectivity index (χ0n) is 14.0. The van der Waals surface area contributed by atoms with Crippen molar-refractivity contribution in [3.63, 3.8) is 0 Å². The molecule has 1 amide bonds. The number of amides is 1. The fraction of sp³-hybridized carbons (Fsp3) is 0.333. The summed E-state index contributed by atoms with van der Waals surface area (Å²) in [5, 5.41) is 2.82. The Morgan fingerprint density at radius 1 is 1.16 bits per heavy atom. The maximum absolute atomic E-state index is 13.7. The van der Waals surface area contributed by atoms with Gasteiger partial charge in [-0.1, -0.05) is 6.92 Å². The van der Waals surface area contributed by atoms with E-state index in [4.69, 9.17) is 0 Å². The molecule has 0 atom stereocenters. The van der Waals surface area contributed by atoms with Gasteiger partial charge >= 0.3 is 0 Å². The minimum atomic E-state index is -0.686. The first-order valence-corrected chi connectivity index (χ1v) is 8.26. The minimum absolute atomic E-state index is 0.102. The third-order valence-corrected chi connectivity index (χ3v) is 4.30. The molecule has 1 aromatic carbocycles.